The van der Waals surface area contributed by atoms with Gasteiger partial charge in [0.1, 0.15) is 0 Å². The van der Waals surface area contributed by atoms with Gasteiger partial charge in [-0.25, -0.2) is 0 Å². The predicted octanol–water partition coefficient (Wildman–Crippen LogP) is 2.96. The van der Waals surface area contributed by atoms with Crippen molar-refractivity contribution in [2.75, 3.05) is 18.9 Å². The summed E-state index contributed by atoms with van der Waals surface area (Å²) in [4.78, 5) is 49.4. The third kappa shape index (κ3) is 7.29. The number of fused-ring (bicyclic) bond motifs is 1. The monoisotopic (exact) mass is 581 g/mol. The molecule has 1 amide bonds. The van der Waals surface area contributed by atoms with Crippen LogP contribution in [0.15, 0.2) is 65.1 Å². The molecule has 0 fully saturated rings. The van der Waals surface area contributed by atoms with Crippen molar-refractivity contribution in [3.63, 3.8) is 0 Å². The van der Waals surface area contributed by atoms with E-state index in [4.69, 9.17) is 4.74 Å². The molecule has 8 heteroatoms. The van der Waals surface area contributed by atoms with Gasteiger partial charge in [-0.3, -0.25) is 9.59 Å². The van der Waals surface area contributed by atoms with Crippen LogP contribution in [-0.4, -0.2) is 63.3 Å². The number of ether oxygens (including phenoxy) is 1. The summed E-state index contributed by atoms with van der Waals surface area (Å²) in [6.07, 6.45) is 0.942. The van der Waals surface area contributed by atoms with Gasteiger partial charge in [0.25, 0.3) is 0 Å². The second kappa shape index (κ2) is 12.7. The van der Waals surface area contributed by atoms with Crippen LogP contribution in [-0.2, 0) is 14.3 Å². The van der Waals surface area contributed by atoms with Gasteiger partial charge in [0.05, 0.1) is 0 Å². The van der Waals surface area contributed by atoms with Crippen LogP contribution in [0.1, 0.15) is 40.5 Å². The molecular weight excluding hydrogens is 554 g/mol. The van der Waals surface area contributed by atoms with Gasteiger partial charge in [-0.1, -0.05) is 24.3 Å². The van der Waals surface area contributed by atoms with Crippen molar-refractivity contribution in [1.82, 2.24) is 5.32 Å². The Hall–Kier alpha value is -2.40. The third-order valence-corrected chi connectivity index (χ3v) is 9.20. The first-order valence-corrected chi connectivity index (χ1v) is 14.4. The largest absolute Gasteiger partial charge is 0.289 e. The number of hydrogen-bond donors (Lipinski definition) is 1. The molecule has 2 aromatic carbocycles. The van der Waals surface area contributed by atoms with E-state index in [0.29, 0.717) is 28.1 Å². The van der Waals surface area contributed by atoms with Crippen molar-refractivity contribution < 1.29 is 23.9 Å². The maximum Gasteiger partial charge on any atom is 0.200 e. The molecule has 0 aromatic heterocycles. The number of Topliss-reactive ketones (excluding diaryl/α,β-unsaturated/α-hetero) is 2. The van der Waals surface area contributed by atoms with E-state index in [-0.39, 0.29) is 57.2 Å². The van der Waals surface area contributed by atoms with Crippen LogP contribution in [0, 0.1) is 0 Å². The van der Waals surface area contributed by atoms with Crippen molar-refractivity contribution in [1.29, 1.82) is 0 Å². The van der Waals surface area contributed by atoms with Crippen molar-refractivity contribution in [2.45, 2.75) is 24.2 Å². The Bertz CT molecular complexity index is 1070. The fourth-order valence-corrected chi connectivity index (χ4v) is 6.68. The summed E-state index contributed by atoms with van der Waals surface area (Å²) >= 11 is 0.940. The number of amides is 1. The first kappa shape index (κ1) is 25.2. The van der Waals surface area contributed by atoms with E-state index >= 15 is 0 Å². The Labute approximate surface area is 207 Å². The normalized spacial score (nSPS) is 13.0. The van der Waals surface area contributed by atoms with Crippen LogP contribution in [0.5, 0.6) is 0 Å². The molecule has 0 heterocycles. The molecule has 172 valence electrons. The maximum absolute atomic E-state index is 12.7. The summed E-state index contributed by atoms with van der Waals surface area (Å²) in [6.45, 7) is 1.88. The first-order valence-electron chi connectivity index (χ1n) is 10.6. The van der Waals surface area contributed by atoms with Gasteiger partial charge in [-0.15, -0.1) is 0 Å². The van der Waals surface area contributed by atoms with Gasteiger partial charge in [-0.05, 0) is 6.92 Å². The van der Waals surface area contributed by atoms with Crippen LogP contribution >= 0.6 is 11.8 Å². The minimum Gasteiger partial charge on any atom is -0.289 e. The fraction of sp³-hybridized carbons (Fsp3) is 0.280. The molecule has 0 spiro atoms. The molecular formula is C25H25NO5STe. The summed E-state index contributed by atoms with van der Waals surface area (Å²) in [5.41, 5.74) is 1.20. The summed E-state index contributed by atoms with van der Waals surface area (Å²) in [7, 11) is 0. The Morgan fingerprint density at radius 1 is 0.970 bits per heavy atom. The average Bonchev–Trinajstić information content (AvgIpc) is 2.84. The topological polar surface area (TPSA) is 89.5 Å². The van der Waals surface area contributed by atoms with E-state index in [2.05, 4.69) is 17.4 Å². The number of esters is 1. The predicted molar refractivity (Wildman–Crippen MR) is 130 cm³/mol. The number of benzene rings is 2. The molecule has 2 aromatic rings. The Kier molecular flexibility index (Phi) is 9.74. The summed E-state index contributed by atoms with van der Waals surface area (Å²) < 4.78 is 7.52. The molecule has 0 saturated carbocycles. The van der Waals surface area contributed by atoms with Gasteiger partial charge >= 0.3 is 139 Å². The van der Waals surface area contributed by atoms with Crippen LogP contribution in [0.3, 0.4) is 0 Å². The molecule has 1 aliphatic rings. The van der Waals surface area contributed by atoms with Crippen molar-refractivity contribution >= 4 is 59.7 Å². The molecule has 6 nitrogen and oxygen atoms in total. The Morgan fingerprint density at radius 3 is 2.36 bits per heavy atom. The number of allylic oxidation sites excluding steroid dienone is 2. The van der Waals surface area contributed by atoms with Crippen molar-refractivity contribution in [2.24, 2.45) is 0 Å². The fourth-order valence-electron chi connectivity index (χ4n) is 3.16. The second-order valence-electron chi connectivity index (χ2n) is 7.28. The van der Waals surface area contributed by atoms with Crippen molar-refractivity contribution in [3.8, 4) is 0 Å². The number of carbonyl (C=O) groups is 4. The van der Waals surface area contributed by atoms with Gasteiger partial charge in [0.2, 0.25) is 0 Å². The number of hydrogen-bond acceptors (Lipinski definition) is 6. The smallest absolute Gasteiger partial charge is 0.200 e. The number of thioether (sulfide) groups is 1. The van der Waals surface area contributed by atoms with E-state index in [9.17, 15) is 19.2 Å². The van der Waals surface area contributed by atoms with Crippen LogP contribution in [0.4, 0.5) is 0 Å². The minimum atomic E-state index is -0.512. The van der Waals surface area contributed by atoms with Gasteiger partial charge in [-0.2, -0.15) is 0 Å². The van der Waals surface area contributed by atoms with Gasteiger partial charge in [0, 0.05) is 16.7 Å². The second-order valence-corrected chi connectivity index (χ2v) is 11.7. The molecule has 0 bridgehead atoms. The molecule has 1 aliphatic carbocycles. The number of carbonyl (C=O) groups excluding carboxylic acids is 4. The standard InChI is InChI=1S/C25H25NO5STe/c1-17-23(29)19-10-5-6-11-20(19)24(30)25(17)32-14-12-22(28)31-16-21(27)26-13-7-15-33-18-8-3-2-4-9-18/h2-6,8-11H,7,12-16H2,1H3,(H,26,27). The third-order valence-electron chi connectivity index (χ3n) is 4.88. The molecule has 0 atom stereocenters. The molecule has 1 N–H and O–H groups in total. The zero-order valence-electron chi connectivity index (χ0n) is 18.3. The summed E-state index contributed by atoms with van der Waals surface area (Å²) in [6, 6.07) is 17.1. The Balaban J connectivity index is 1.32. The SMILES string of the molecule is CC1=C(SCCC(=O)OCC(=O)NCCC[Te]c2ccccc2)C(=O)c2ccccc2C1=O. The van der Waals surface area contributed by atoms with Crippen LogP contribution in [0.2, 0.25) is 4.47 Å². The zero-order chi connectivity index (χ0) is 23.6. The minimum absolute atomic E-state index is 0.0418. The zero-order valence-corrected chi connectivity index (χ0v) is 21.4. The number of ketones is 2. The summed E-state index contributed by atoms with van der Waals surface area (Å²) in [5.74, 6) is -0.909. The first-order chi connectivity index (χ1) is 16.0. The average molecular weight is 579 g/mol. The number of nitrogens with one attached hydrogen (secondary N) is 1. The van der Waals surface area contributed by atoms with E-state index in [1.54, 1.807) is 31.2 Å². The quantitative estimate of drug-likeness (QED) is 0.251. The van der Waals surface area contributed by atoms with Crippen LogP contribution in [0.25, 0.3) is 0 Å². The summed E-state index contributed by atoms with van der Waals surface area (Å²) in [5, 5.41) is 2.77. The molecule has 3 rings (SSSR count). The maximum atomic E-state index is 12.7. The molecule has 0 radical (unpaired) electrons. The van der Waals surface area contributed by atoms with Gasteiger partial charge in [0.15, 0.2) is 11.6 Å². The molecule has 0 unspecified atom stereocenters. The molecule has 0 saturated heterocycles. The number of rotatable bonds is 11. The van der Waals surface area contributed by atoms with Gasteiger partial charge < -0.3 is 0 Å². The van der Waals surface area contributed by atoms with E-state index in [0.717, 1.165) is 10.9 Å². The van der Waals surface area contributed by atoms with Crippen molar-refractivity contribution in [3.05, 3.63) is 76.2 Å². The van der Waals surface area contributed by atoms with E-state index in [1.807, 2.05) is 18.2 Å². The van der Waals surface area contributed by atoms with E-state index < -0.39 is 5.97 Å². The van der Waals surface area contributed by atoms with Crippen LogP contribution < -0.4 is 8.93 Å². The molecule has 33 heavy (non-hydrogen) atoms. The van der Waals surface area contributed by atoms with E-state index in [1.165, 1.54) is 15.4 Å². The Morgan fingerprint density at radius 2 is 1.64 bits per heavy atom. The molecule has 0 aliphatic heterocycles.